The number of carboxylic acid groups (broad SMARTS) is 1. The van der Waals surface area contributed by atoms with E-state index in [1.54, 1.807) is 13.8 Å². The van der Waals surface area contributed by atoms with Gasteiger partial charge in [0.2, 0.25) is 0 Å². The minimum Gasteiger partial charge on any atom is -0.492 e. The number of halogens is 1. The maximum Gasteiger partial charge on any atom is 0.407 e. The van der Waals surface area contributed by atoms with Crippen LogP contribution in [0.4, 0.5) is 4.79 Å². The zero-order chi connectivity index (χ0) is 25.4. The van der Waals surface area contributed by atoms with Crippen LogP contribution in [0.2, 0.25) is 0 Å². The molecule has 0 atom stereocenters. The zero-order valence-electron chi connectivity index (χ0n) is 20.1. The lowest BCUT2D eigenvalue weighted by Crippen LogP contribution is -2.26. The summed E-state index contributed by atoms with van der Waals surface area (Å²) in [5.41, 5.74) is 4.61. The van der Waals surface area contributed by atoms with Gasteiger partial charge < -0.3 is 19.9 Å². The molecule has 0 bridgehead atoms. The van der Waals surface area contributed by atoms with Crippen LogP contribution in [-0.4, -0.2) is 39.7 Å². The van der Waals surface area contributed by atoms with Gasteiger partial charge in [0.05, 0.1) is 18.3 Å². The van der Waals surface area contributed by atoms with Crippen molar-refractivity contribution >= 4 is 28.0 Å². The largest absolute Gasteiger partial charge is 0.492 e. The van der Waals surface area contributed by atoms with Gasteiger partial charge in [0.25, 0.3) is 0 Å². The monoisotopic (exact) mass is 543 g/mol. The van der Waals surface area contributed by atoms with Crippen molar-refractivity contribution in [2.45, 2.75) is 52.8 Å². The summed E-state index contributed by atoms with van der Waals surface area (Å²) in [5, 5.41) is 16.5. The molecule has 8 nitrogen and oxygen atoms in total. The third-order valence-electron chi connectivity index (χ3n) is 5.24. The summed E-state index contributed by atoms with van der Waals surface area (Å²) in [6, 6.07) is 15.5. The Morgan fingerprint density at radius 2 is 1.86 bits per heavy atom. The molecule has 0 radical (unpaired) electrons. The molecule has 35 heavy (non-hydrogen) atoms. The van der Waals surface area contributed by atoms with Crippen LogP contribution in [0.1, 0.15) is 37.1 Å². The van der Waals surface area contributed by atoms with Gasteiger partial charge in [-0.25, -0.2) is 4.79 Å². The molecule has 0 aliphatic rings. The normalized spacial score (nSPS) is 10.9. The predicted molar refractivity (Wildman–Crippen MR) is 136 cm³/mol. The number of aryl methyl sites for hydroxylation is 2. The first kappa shape index (κ1) is 26.3. The second-order valence-electron chi connectivity index (χ2n) is 8.38. The number of nitrogens with one attached hydrogen (secondary N) is 1. The van der Waals surface area contributed by atoms with Gasteiger partial charge in [-0.2, -0.15) is 5.10 Å². The van der Waals surface area contributed by atoms with Gasteiger partial charge in [0.1, 0.15) is 12.4 Å². The molecule has 2 N–H and O–H groups in total. The summed E-state index contributed by atoms with van der Waals surface area (Å²) in [7, 11) is 0. The van der Waals surface area contributed by atoms with Crippen molar-refractivity contribution in [2.24, 2.45) is 0 Å². The molecule has 0 saturated carbocycles. The van der Waals surface area contributed by atoms with E-state index in [-0.39, 0.29) is 19.1 Å². The van der Waals surface area contributed by atoms with Gasteiger partial charge >= 0.3 is 12.1 Å². The Bertz CT molecular complexity index is 1160. The number of ether oxygens (including phenoxy) is 2. The highest BCUT2D eigenvalue weighted by atomic mass is 79.9. The average molecular weight is 544 g/mol. The number of nitrogens with zero attached hydrogens (tertiary/aromatic N) is 2. The third-order valence-corrected chi connectivity index (χ3v) is 5.77. The molecule has 3 aromatic rings. The standard InChI is InChI=1S/C26H30BrN3O5/c1-17(2)35-26(33)28-16-21-15-23(10-6-19(21)7-11-25(31)32)34-13-12-30-18(3)14-24(29-30)20-4-8-22(27)9-5-20/h4-6,8-10,14-15,17H,7,11-13,16H2,1-3H3,(H,28,33)(H,31,32). The van der Waals surface area contributed by atoms with Crippen LogP contribution in [0.5, 0.6) is 5.75 Å². The average Bonchev–Trinajstić information content (AvgIpc) is 3.17. The number of carboxylic acids is 1. The van der Waals surface area contributed by atoms with Crippen LogP contribution < -0.4 is 10.1 Å². The number of alkyl carbamates (subject to hydrolysis) is 1. The number of amides is 1. The summed E-state index contributed by atoms with van der Waals surface area (Å²) in [4.78, 5) is 22.9. The lowest BCUT2D eigenvalue weighted by atomic mass is 10.0. The Morgan fingerprint density at radius 3 is 2.54 bits per heavy atom. The first-order chi connectivity index (χ1) is 16.7. The lowest BCUT2D eigenvalue weighted by Gasteiger charge is -2.14. The van der Waals surface area contributed by atoms with Crippen molar-refractivity contribution in [3.63, 3.8) is 0 Å². The first-order valence-corrected chi connectivity index (χ1v) is 12.2. The fraction of sp³-hybridized carbons (Fsp3) is 0.346. The molecule has 0 aliphatic carbocycles. The molecule has 1 amide bonds. The highest BCUT2D eigenvalue weighted by Crippen LogP contribution is 2.22. The summed E-state index contributed by atoms with van der Waals surface area (Å²) < 4.78 is 14.0. The number of hydrogen-bond donors (Lipinski definition) is 2. The molecule has 186 valence electrons. The number of rotatable bonds is 11. The van der Waals surface area contributed by atoms with E-state index in [1.807, 2.05) is 60.1 Å². The fourth-order valence-electron chi connectivity index (χ4n) is 3.51. The van der Waals surface area contributed by atoms with E-state index >= 15 is 0 Å². The smallest absolute Gasteiger partial charge is 0.407 e. The van der Waals surface area contributed by atoms with Gasteiger partial charge in [-0.05, 0) is 68.7 Å². The Hall–Kier alpha value is -3.33. The molecule has 0 spiro atoms. The number of aromatic nitrogens is 2. The molecule has 0 unspecified atom stereocenters. The number of hydrogen-bond acceptors (Lipinski definition) is 5. The molecule has 1 aromatic heterocycles. The van der Waals surface area contributed by atoms with E-state index in [0.29, 0.717) is 25.3 Å². The van der Waals surface area contributed by atoms with Crippen molar-refractivity contribution in [3.8, 4) is 17.0 Å². The maximum atomic E-state index is 11.9. The van der Waals surface area contributed by atoms with Crippen LogP contribution in [0.25, 0.3) is 11.3 Å². The minimum absolute atomic E-state index is 0.00290. The second-order valence-corrected chi connectivity index (χ2v) is 9.30. The Kier molecular flexibility index (Phi) is 9.31. The molecular weight excluding hydrogens is 514 g/mol. The number of carbonyl (C=O) groups is 2. The van der Waals surface area contributed by atoms with Crippen molar-refractivity contribution in [1.82, 2.24) is 15.1 Å². The molecule has 0 aliphatic heterocycles. The van der Waals surface area contributed by atoms with Crippen molar-refractivity contribution in [1.29, 1.82) is 0 Å². The highest BCUT2D eigenvalue weighted by Gasteiger charge is 2.11. The topological polar surface area (TPSA) is 103 Å². The van der Waals surface area contributed by atoms with Gasteiger partial charge in [-0.15, -0.1) is 0 Å². The van der Waals surface area contributed by atoms with Crippen LogP contribution in [-0.2, 0) is 29.0 Å². The number of carbonyl (C=O) groups excluding carboxylic acids is 1. The quantitative estimate of drug-likeness (QED) is 0.337. The molecule has 1 heterocycles. The Labute approximate surface area is 213 Å². The molecule has 9 heteroatoms. The van der Waals surface area contributed by atoms with Crippen LogP contribution in [0.15, 0.2) is 53.0 Å². The van der Waals surface area contributed by atoms with Gasteiger partial charge in [-0.1, -0.05) is 34.1 Å². The molecule has 0 saturated heterocycles. The molecule has 0 fully saturated rings. The second kappa shape index (κ2) is 12.4. The van der Waals surface area contributed by atoms with E-state index in [0.717, 1.165) is 32.6 Å². The minimum atomic E-state index is -0.874. The van der Waals surface area contributed by atoms with Crippen molar-refractivity contribution < 1.29 is 24.2 Å². The van der Waals surface area contributed by atoms with Gasteiger partial charge in [0, 0.05) is 28.7 Å². The molecule has 3 rings (SSSR count). The van der Waals surface area contributed by atoms with Crippen LogP contribution in [0.3, 0.4) is 0 Å². The third kappa shape index (κ3) is 8.13. The number of aliphatic carboxylic acids is 1. The van der Waals surface area contributed by atoms with Crippen molar-refractivity contribution in [3.05, 3.63) is 69.8 Å². The van der Waals surface area contributed by atoms with E-state index in [2.05, 4.69) is 21.2 Å². The van der Waals surface area contributed by atoms with E-state index in [1.165, 1.54) is 0 Å². The summed E-state index contributed by atoms with van der Waals surface area (Å²) in [6.45, 7) is 6.74. The van der Waals surface area contributed by atoms with E-state index < -0.39 is 12.1 Å². The fourth-order valence-corrected chi connectivity index (χ4v) is 3.78. The zero-order valence-corrected chi connectivity index (χ0v) is 21.7. The Morgan fingerprint density at radius 1 is 1.11 bits per heavy atom. The highest BCUT2D eigenvalue weighted by molar-refractivity contribution is 9.10. The van der Waals surface area contributed by atoms with Gasteiger partial charge in [-0.3, -0.25) is 9.48 Å². The SMILES string of the molecule is Cc1cc(-c2ccc(Br)cc2)nn1CCOc1ccc(CCC(=O)O)c(CNC(=O)OC(C)C)c1. The van der Waals surface area contributed by atoms with Crippen LogP contribution in [0, 0.1) is 6.92 Å². The van der Waals surface area contributed by atoms with Crippen molar-refractivity contribution in [2.75, 3.05) is 6.61 Å². The van der Waals surface area contributed by atoms with Crippen LogP contribution >= 0.6 is 15.9 Å². The first-order valence-electron chi connectivity index (χ1n) is 11.4. The maximum absolute atomic E-state index is 11.9. The predicted octanol–water partition coefficient (Wildman–Crippen LogP) is 5.35. The molecule has 2 aromatic carbocycles. The lowest BCUT2D eigenvalue weighted by molar-refractivity contribution is -0.136. The van der Waals surface area contributed by atoms with Gasteiger partial charge in [0.15, 0.2) is 0 Å². The van der Waals surface area contributed by atoms with E-state index in [9.17, 15) is 9.59 Å². The molecular formula is C26H30BrN3O5. The Balaban J connectivity index is 1.64. The summed E-state index contributed by atoms with van der Waals surface area (Å²) >= 11 is 3.45. The van der Waals surface area contributed by atoms with E-state index in [4.69, 9.17) is 19.7 Å². The number of benzene rings is 2. The summed E-state index contributed by atoms with van der Waals surface area (Å²) in [6.07, 6.45) is -0.391. The summed E-state index contributed by atoms with van der Waals surface area (Å²) in [5.74, 6) is -0.239.